The number of hydrogen-bond acceptors (Lipinski definition) is 3. The summed E-state index contributed by atoms with van der Waals surface area (Å²) < 4.78 is 1.76. The Hall–Kier alpha value is -1.84. The van der Waals surface area contributed by atoms with Crippen molar-refractivity contribution in [2.24, 2.45) is 7.05 Å². The van der Waals surface area contributed by atoms with Crippen LogP contribution in [0.5, 0.6) is 0 Å². The average molecular weight is 188 g/mol. The van der Waals surface area contributed by atoms with E-state index in [1.54, 1.807) is 17.1 Å². The fourth-order valence-electron chi connectivity index (χ4n) is 1.38. The van der Waals surface area contributed by atoms with Gasteiger partial charge < -0.3 is 5.73 Å². The van der Waals surface area contributed by atoms with Crippen LogP contribution in [-0.2, 0) is 7.05 Å². The summed E-state index contributed by atoms with van der Waals surface area (Å²) in [5.74, 6) is 0. The second-order valence-electron chi connectivity index (χ2n) is 3.23. The molecule has 0 amide bonds. The third-order valence-corrected chi connectivity index (χ3v) is 2.27. The van der Waals surface area contributed by atoms with Crippen molar-refractivity contribution in [1.82, 2.24) is 14.8 Å². The molecule has 0 aromatic carbocycles. The number of nitrogens with two attached hydrogens (primary N) is 1. The summed E-state index contributed by atoms with van der Waals surface area (Å²) in [5.41, 5.74) is 9.43. The molecule has 0 aliphatic heterocycles. The van der Waals surface area contributed by atoms with E-state index in [0.717, 1.165) is 22.6 Å². The van der Waals surface area contributed by atoms with Gasteiger partial charge in [0.1, 0.15) is 5.69 Å². The lowest BCUT2D eigenvalue weighted by Crippen LogP contribution is -2.00. The largest absolute Gasteiger partial charge is 0.397 e. The summed E-state index contributed by atoms with van der Waals surface area (Å²) in [6.45, 7) is 1.97. The summed E-state index contributed by atoms with van der Waals surface area (Å²) in [4.78, 5) is 4.26. The molecule has 4 nitrogen and oxygen atoms in total. The zero-order valence-electron chi connectivity index (χ0n) is 8.23. The molecule has 0 aliphatic carbocycles. The maximum Gasteiger partial charge on any atom is 0.111 e. The topological polar surface area (TPSA) is 56.7 Å². The maximum atomic E-state index is 5.94. The SMILES string of the molecule is Cc1ccnc(-c2ccnn2C)c1N. The van der Waals surface area contributed by atoms with Crippen molar-refractivity contribution in [3.63, 3.8) is 0 Å². The predicted molar refractivity (Wildman–Crippen MR) is 55.6 cm³/mol. The third kappa shape index (κ3) is 1.25. The molecule has 0 spiro atoms. The van der Waals surface area contributed by atoms with E-state index in [1.807, 2.05) is 26.1 Å². The van der Waals surface area contributed by atoms with Gasteiger partial charge in [-0.05, 0) is 24.6 Å². The first-order valence-electron chi connectivity index (χ1n) is 4.39. The molecule has 0 bridgehead atoms. The number of aromatic nitrogens is 3. The number of hydrogen-bond donors (Lipinski definition) is 1. The summed E-state index contributed by atoms with van der Waals surface area (Å²) in [5, 5.41) is 4.08. The Kier molecular flexibility index (Phi) is 1.96. The molecule has 0 saturated carbocycles. The van der Waals surface area contributed by atoms with E-state index >= 15 is 0 Å². The average Bonchev–Trinajstić information content (AvgIpc) is 2.57. The van der Waals surface area contributed by atoms with Crippen LogP contribution < -0.4 is 5.73 Å². The van der Waals surface area contributed by atoms with E-state index in [2.05, 4.69) is 10.1 Å². The molecule has 0 saturated heterocycles. The highest BCUT2D eigenvalue weighted by Crippen LogP contribution is 2.24. The minimum absolute atomic E-state index is 0.719. The highest BCUT2D eigenvalue weighted by atomic mass is 15.3. The highest BCUT2D eigenvalue weighted by molar-refractivity contribution is 5.72. The van der Waals surface area contributed by atoms with Crippen LogP contribution in [0.1, 0.15) is 5.56 Å². The normalized spacial score (nSPS) is 10.4. The van der Waals surface area contributed by atoms with Crippen LogP contribution in [0.2, 0.25) is 0 Å². The van der Waals surface area contributed by atoms with Crippen molar-refractivity contribution in [3.05, 3.63) is 30.1 Å². The molecular formula is C10H12N4. The van der Waals surface area contributed by atoms with Crippen molar-refractivity contribution in [2.45, 2.75) is 6.92 Å². The first-order valence-corrected chi connectivity index (χ1v) is 4.39. The van der Waals surface area contributed by atoms with Crippen LogP contribution in [0.4, 0.5) is 5.69 Å². The van der Waals surface area contributed by atoms with Gasteiger partial charge in [0.15, 0.2) is 0 Å². The first-order chi connectivity index (χ1) is 6.70. The second-order valence-corrected chi connectivity index (χ2v) is 3.23. The molecule has 0 unspecified atom stereocenters. The van der Waals surface area contributed by atoms with Gasteiger partial charge in [-0.15, -0.1) is 0 Å². The van der Waals surface area contributed by atoms with Crippen LogP contribution >= 0.6 is 0 Å². The van der Waals surface area contributed by atoms with Crippen LogP contribution in [0.25, 0.3) is 11.4 Å². The molecule has 14 heavy (non-hydrogen) atoms. The van der Waals surface area contributed by atoms with Crippen molar-refractivity contribution < 1.29 is 0 Å². The molecule has 72 valence electrons. The van der Waals surface area contributed by atoms with Gasteiger partial charge >= 0.3 is 0 Å². The molecule has 0 radical (unpaired) electrons. The minimum atomic E-state index is 0.719. The number of pyridine rings is 1. The van der Waals surface area contributed by atoms with E-state index in [4.69, 9.17) is 5.73 Å². The van der Waals surface area contributed by atoms with Crippen LogP contribution in [-0.4, -0.2) is 14.8 Å². The van der Waals surface area contributed by atoms with Gasteiger partial charge in [-0.2, -0.15) is 5.10 Å². The Morgan fingerprint density at radius 3 is 2.71 bits per heavy atom. The second kappa shape index (κ2) is 3.14. The predicted octanol–water partition coefficient (Wildman–Crippen LogP) is 1.37. The van der Waals surface area contributed by atoms with E-state index < -0.39 is 0 Å². The Bertz CT molecular complexity index is 459. The molecule has 2 aromatic rings. The van der Waals surface area contributed by atoms with Gasteiger partial charge in [0.25, 0.3) is 0 Å². The molecule has 4 heteroatoms. The van der Waals surface area contributed by atoms with Crippen molar-refractivity contribution in [3.8, 4) is 11.4 Å². The number of nitrogens with zero attached hydrogens (tertiary/aromatic N) is 3. The smallest absolute Gasteiger partial charge is 0.111 e. The molecule has 2 rings (SSSR count). The third-order valence-electron chi connectivity index (χ3n) is 2.27. The van der Waals surface area contributed by atoms with E-state index in [0.29, 0.717) is 0 Å². The molecule has 0 aliphatic rings. The van der Waals surface area contributed by atoms with Gasteiger partial charge in [-0.25, -0.2) is 0 Å². The van der Waals surface area contributed by atoms with Gasteiger partial charge in [0.05, 0.1) is 11.4 Å². The zero-order valence-corrected chi connectivity index (χ0v) is 8.23. The Labute approximate surface area is 82.4 Å². The van der Waals surface area contributed by atoms with Crippen LogP contribution in [0, 0.1) is 6.92 Å². The molecule has 2 N–H and O–H groups in total. The molecule has 0 atom stereocenters. The van der Waals surface area contributed by atoms with Crippen LogP contribution in [0.15, 0.2) is 24.5 Å². The molecule has 2 aromatic heterocycles. The molecule has 2 heterocycles. The van der Waals surface area contributed by atoms with E-state index in [9.17, 15) is 0 Å². The van der Waals surface area contributed by atoms with Crippen molar-refractivity contribution in [2.75, 3.05) is 5.73 Å². The number of nitrogen functional groups attached to an aromatic ring is 1. The zero-order chi connectivity index (χ0) is 10.1. The Balaban J connectivity index is 2.63. The van der Waals surface area contributed by atoms with E-state index in [-0.39, 0.29) is 0 Å². The standard InChI is InChI=1S/C10H12N4/c1-7-3-5-12-10(9(7)11)8-4-6-13-14(8)2/h3-6H,11H2,1-2H3. The van der Waals surface area contributed by atoms with Gasteiger partial charge in [-0.3, -0.25) is 9.67 Å². The van der Waals surface area contributed by atoms with E-state index in [1.165, 1.54) is 0 Å². The van der Waals surface area contributed by atoms with Crippen LogP contribution in [0.3, 0.4) is 0 Å². The number of aryl methyl sites for hydroxylation is 2. The van der Waals surface area contributed by atoms with Gasteiger partial charge in [0.2, 0.25) is 0 Å². The summed E-state index contributed by atoms with van der Waals surface area (Å²) in [7, 11) is 1.87. The fourth-order valence-corrected chi connectivity index (χ4v) is 1.38. The number of rotatable bonds is 1. The highest BCUT2D eigenvalue weighted by Gasteiger charge is 2.08. The van der Waals surface area contributed by atoms with Crippen molar-refractivity contribution in [1.29, 1.82) is 0 Å². The summed E-state index contributed by atoms with van der Waals surface area (Å²) in [6.07, 6.45) is 3.49. The fraction of sp³-hybridized carbons (Fsp3) is 0.200. The Morgan fingerprint density at radius 1 is 1.29 bits per heavy atom. The van der Waals surface area contributed by atoms with Gasteiger partial charge in [-0.1, -0.05) is 0 Å². The molecular weight excluding hydrogens is 176 g/mol. The molecule has 0 fully saturated rings. The number of anilines is 1. The Morgan fingerprint density at radius 2 is 2.07 bits per heavy atom. The summed E-state index contributed by atoms with van der Waals surface area (Å²) >= 11 is 0. The monoisotopic (exact) mass is 188 g/mol. The van der Waals surface area contributed by atoms with Crippen molar-refractivity contribution >= 4 is 5.69 Å². The first kappa shape index (κ1) is 8.74. The quantitative estimate of drug-likeness (QED) is 0.735. The minimum Gasteiger partial charge on any atom is -0.397 e. The lowest BCUT2D eigenvalue weighted by molar-refractivity contribution is 0.773. The van der Waals surface area contributed by atoms with Gasteiger partial charge in [0, 0.05) is 19.4 Å². The maximum absolute atomic E-state index is 5.94. The summed E-state index contributed by atoms with van der Waals surface area (Å²) in [6, 6.07) is 3.80. The lowest BCUT2D eigenvalue weighted by Gasteiger charge is -2.06. The lowest BCUT2D eigenvalue weighted by atomic mass is 10.1.